The molecule has 0 aliphatic carbocycles. The van der Waals surface area contributed by atoms with Crippen LogP contribution in [0.3, 0.4) is 0 Å². The van der Waals surface area contributed by atoms with E-state index in [1.807, 2.05) is 12.1 Å². The van der Waals surface area contributed by atoms with Crippen molar-refractivity contribution in [1.82, 2.24) is 10.3 Å². The Balaban J connectivity index is 2.34. The lowest BCUT2D eigenvalue weighted by molar-refractivity contribution is -0.139. The molecule has 0 spiro atoms. The van der Waals surface area contributed by atoms with Crippen LogP contribution in [-0.4, -0.2) is 28.0 Å². The molecule has 0 radical (unpaired) electrons. The summed E-state index contributed by atoms with van der Waals surface area (Å²) in [6, 6.07) is 7.96. The number of hydrogen-bond acceptors (Lipinski definition) is 3. The summed E-state index contributed by atoms with van der Waals surface area (Å²) in [7, 11) is 0. The van der Waals surface area contributed by atoms with Crippen LogP contribution in [0.15, 0.2) is 36.5 Å². The quantitative estimate of drug-likeness (QED) is 0.876. The third kappa shape index (κ3) is 2.70. The molecule has 1 aromatic carbocycles. The molecule has 0 unspecified atom stereocenters. The number of carboxylic acids is 1. The fraction of sp³-hybridized carbons (Fsp3) is 0.214. The number of hydrogen-bond donors (Lipinski definition) is 2. The number of amides is 1. The molecule has 5 heteroatoms. The van der Waals surface area contributed by atoms with Gasteiger partial charge in [-0.3, -0.25) is 9.78 Å². The number of carboxylic acid groups (broad SMARTS) is 1. The zero-order chi connectivity index (χ0) is 13.8. The number of fused-ring (bicyclic) bond motifs is 1. The summed E-state index contributed by atoms with van der Waals surface area (Å²) in [4.78, 5) is 27.2. The number of aromatic nitrogens is 1. The van der Waals surface area contributed by atoms with Gasteiger partial charge < -0.3 is 10.4 Å². The van der Waals surface area contributed by atoms with E-state index in [4.69, 9.17) is 5.11 Å². The molecule has 0 saturated carbocycles. The van der Waals surface area contributed by atoms with Gasteiger partial charge in [0, 0.05) is 11.6 Å². The highest BCUT2D eigenvalue weighted by Crippen LogP contribution is 2.16. The number of pyridine rings is 1. The van der Waals surface area contributed by atoms with Crippen molar-refractivity contribution in [3.8, 4) is 0 Å². The SMILES string of the molecule is CC[C@H](NC(=O)c1ccnc2ccccc12)C(=O)O. The second-order valence-corrected chi connectivity index (χ2v) is 4.15. The molecule has 1 atom stereocenters. The van der Waals surface area contributed by atoms with Gasteiger partial charge in [-0.25, -0.2) is 4.79 Å². The smallest absolute Gasteiger partial charge is 0.326 e. The summed E-state index contributed by atoms with van der Waals surface area (Å²) >= 11 is 0. The lowest BCUT2D eigenvalue weighted by atomic mass is 10.1. The van der Waals surface area contributed by atoms with Gasteiger partial charge in [-0.15, -0.1) is 0 Å². The average Bonchev–Trinajstić information content (AvgIpc) is 2.43. The Bertz CT molecular complexity index is 620. The molecule has 1 amide bonds. The van der Waals surface area contributed by atoms with E-state index in [-0.39, 0.29) is 0 Å². The highest BCUT2D eigenvalue weighted by Gasteiger charge is 2.19. The van der Waals surface area contributed by atoms with Crippen LogP contribution >= 0.6 is 0 Å². The van der Waals surface area contributed by atoms with Crippen LogP contribution in [0.4, 0.5) is 0 Å². The largest absolute Gasteiger partial charge is 0.480 e. The van der Waals surface area contributed by atoms with E-state index in [0.29, 0.717) is 22.9 Å². The maximum atomic E-state index is 12.1. The molecule has 0 bridgehead atoms. The Morgan fingerprint density at radius 2 is 2.05 bits per heavy atom. The first kappa shape index (κ1) is 13.0. The first-order valence-corrected chi connectivity index (χ1v) is 6.01. The minimum atomic E-state index is -1.03. The van der Waals surface area contributed by atoms with E-state index in [1.54, 1.807) is 31.3 Å². The summed E-state index contributed by atoms with van der Waals surface area (Å²) in [6.07, 6.45) is 1.88. The molecular formula is C14H14N2O3. The van der Waals surface area contributed by atoms with Crippen LogP contribution in [0.25, 0.3) is 10.9 Å². The second kappa shape index (κ2) is 5.48. The van der Waals surface area contributed by atoms with Crippen molar-refractivity contribution in [1.29, 1.82) is 0 Å². The Hall–Kier alpha value is -2.43. The van der Waals surface area contributed by atoms with Gasteiger partial charge >= 0.3 is 5.97 Å². The van der Waals surface area contributed by atoms with Gasteiger partial charge in [0.15, 0.2) is 0 Å². The van der Waals surface area contributed by atoms with Crippen LogP contribution in [-0.2, 0) is 4.79 Å². The molecule has 2 aromatic rings. The van der Waals surface area contributed by atoms with Crippen molar-refractivity contribution >= 4 is 22.8 Å². The van der Waals surface area contributed by atoms with Gasteiger partial charge in [-0.2, -0.15) is 0 Å². The molecule has 1 heterocycles. The van der Waals surface area contributed by atoms with Gasteiger partial charge in [-0.1, -0.05) is 25.1 Å². The number of aliphatic carboxylic acids is 1. The highest BCUT2D eigenvalue weighted by atomic mass is 16.4. The number of para-hydroxylation sites is 1. The summed E-state index contributed by atoms with van der Waals surface area (Å²) in [5.74, 6) is -1.43. The van der Waals surface area contributed by atoms with E-state index >= 15 is 0 Å². The number of carbonyl (C=O) groups excluding carboxylic acids is 1. The predicted molar refractivity (Wildman–Crippen MR) is 70.9 cm³/mol. The first-order valence-electron chi connectivity index (χ1n) is 6.01. The number of rotatable bonds is 4. The number of carbonyl (C=O) groups is 2. The molecule has 19 heavy (non-hydrogen) atoms. The third-order valence-electron chi connectivity index (χ3n) is 2.91. The molecule has 98 valence electrons. The minimum absolute atomic E-state index is 0.337. The normalized spacial score (nSPS) is 12.1. The lowest BCUT2D eigenvalue weighted by Crippen LogP contribution is -2.40. The third-order valence-corrected chi connectivity index (χ3v) is 2.91. The van der Waals surface area contributed by atoms with Gasteiger partial charge in [-0.05, 0) is 18.6 Å². The molecule has 2 rings (SSSR count). The minimum Gasteiger partial charge on any atom is -0.480 e. The van der Waals surface area contributed by atoms with E-state index in [0.717, 1.165) is 0 Å². The van der Waals surface area contributed by atoms with Crippen LogP contribution in [0.2, 0.25) is 0 Å². The molecule has 0 aliphatic heterocycles. The summed E-state index contributed by atoms with van der Waals surface area (Å²) in [6.45, 7) is 1.71. The molecule has 1 aromatic heterocycles. The molecule has 0 fully saturated rings. The fourth-order valence-electron chi connectivity index (χ4n) is 1.87. The fourth-order valence-corrected chi connectivity index (χ4v) is 1.87. The van der Waals surface area contributed by atoms with Crippen molar-refractivity contribution in [3.63, 3.8) is 0 Å². The number of benzene rings is 1. The second-order valence-electron chi connectivity index (χ2n) is 4.15. The molecule has 2 N–H and O–H groups in total. The van der Waals surface area contributed by atoms with Crippen molar-refractivity contribution < 1.29 is 14.7 Å². The van der Waals surface area contributed by atoms with Crippen LogP contribution < -0.4 is 5.32 Å². The van der Waals surface area contributed by atoms with Crippen molar-refractivity contribution in [2.45, 2.75) is 19.4 Å². The summed E-state index contributed by atoms with van der Waals surface area (Å²) in [5.41, 5.74) is 1.14. The van der Waals surface area contributed by atoms with E-state index < -0.39 is 17.9 Å². The molecule has 0 saturated heterocycles. The number of nitrogens with one attached hydrogen (secondary N) is 1. The first-order chi connectivity index (χ1) is 9.13. The molecule has 5 nitrogen and oxygen atoms in total. The van der Waals surface area contributed by atoms with Crippen molar-refractivity contribution in [2.24, 2.45) is 0 Å². The zero-order valence-electron chi connectivity index (χ0n) is 10.5. The van der Waals surface area contributed by atoms with Gasteiger partial charge in [0.2, 0.25) is 0 Å². The lowest BCUT2D eigenvalue weighted by Gasteiger charge is -2.13. The summed E-state index contributed by atoms with van der Waals surface area (Å²) in [5, 5.41) is 12.2. The monoisotopic (exact) mass is 258 g/mol. The maximum absolute atomic E-state index is 12.1. The standard InChI is InChI=1S/C14H14N2O3/c1-2-11(14(18)19)16-13(17)10-7-8-15-12-6-4-3-5-9(10)12/h3-8,11H,2H2,1H3,(H,16,17)(H,18,19)/t11-/m0/s1. The highest BCUT2D eigenvalue weighted by molar-refractivity contribution is 6.06. The molecule has 0 aliphatic rings. The Morgan fingerprint density at radius 1 is 1.32 bits per heavy atom. The Labute approximate surface area is 110 Å². The van der Waals surface area contributed by atoms with E-state index in [1.165, 1.54) is 0 Å². The predicted octanol–water partition coefficient (Wildman–Crippen LogP) is 1.83. The van der Waals surface area contributed by atoms with Crippen LogP contribution in [0.1, 0.15) is 23.7 Å². The average molecular weight is 258 g/mol. The molecular weight excluding hydrogens is 244 g/mol. The van der Waals surface area contributed by atoms with Crippen molar-refractivity contribution in [2.75, 3.05) is 0 Å². The Kier molecular flexibility index (Phi) is 3.75. The summed E-state index contributed by atoms with van der Waals surface area (Å²) < 4.78 is 0. The zero-order valence-corrected chi connectivity index (χ0v) is 10.5. The van der Waals surface area contributed by atoms with Crippen LogP contribution in [0.5, 0.6) is 0 Å². The van der Waals surface area contributed by atoms with E-state index in [2.05, 4.69) is 10.3 Å². The maximum Gasteiger partial charge on any atom is 0.326 e. The topological polar surface area (TPSA) is 79.3 Å². The number of nitrogens with zero attached hydrogens (tertiary/aromatic N) is 1. The van der Waals surface area contributed by atoms with E-state index in [9.17, 15) is 9.59 Å². The van der Waals surface area contributed by atoms with Gasteiger partial charge in [0.05, 0.1) is 11.1 Å². The van der Waals surface area contributed by atoms with Gasteiger partial charge in [0.25, 0.3) is 5.91 Å². The van der Waals surface area contributed by atoms with Crippen molar-refractivity contribution in [3.05, 3.63) is 42.1 Å². The van der Waals surface area contributed by atoms with Crippen LogP contribution in [0, 0.1) is 0 Å². The van der Waals surface area contributed by atoms with Gasteiger partial charge in [0.1, 0.15) is 6.04 Å². The Morgan fingerprint density at radius 3 is 2.74 bits per heavy atom.